The number of carbonyl (C=O) groups is 1. The summed E-state index contributed by atoms with van der Waals surface area (Å²) >= 11 is 0. The monoisotopic (exact) mass is 387 g/mol. The Kier molecular flexibility index (Phi) is 4.31. The highest BCUT2D eigenvalue weighted by Gasteiger charge is 2.42. The Morgan fingerprint density at radius 3 is 2.72 bits per heavy atom. The van der Waals surface area contributed by atoms with Gasteiger partial charge in [-0.25, -0.2) is 19.2 Å². The van der Waals surface area contributed by atoms with E-state index >= 15 is 0 Å². The van der Waals surface area contributed by atoms with Crippen LogP contribution in [0.5, 0.6) is 0 Å². The molecule has 2 aliphatic heterocycles. The van der Waals surface area contributed by atoms with Crippen molar-refractivity contribution in [2.24, 2.45) is 0 Å². The Bertz CT molecular complexity index is 1100. The number of benzene rings is 2. The topological polar surface area (TPSA) is 55.3 Å². The van der Waals surface area contributed by atoms with Gasteiger partial charge in [-0.3, -0.25) is 4.90 Å². The number of amides is 1. The Labute approximate surface area is 167 Å². The third kappa shape index (κ3) is 3.27. The van der Waals surface area contributed by atoms with Gasteiger partial charge >= 0.3 is 6.09 Å². The van der Waals surface area contributed by atoms with Crippen LogP contribution in [0.15, 0.2) is 67.0 Å². The highest BCUT2D eigenvalue weighted by atomic mass is 19.1. The first-order valence-corrected chi connectivity index (χ1v) is 9.46. The second kappa shape index (κ2) is 7.13. The molecule has 1 amide bonds. The van der Waals surface area contributed by atoms with E-state index in [0.717, 1.165) is 16.7 Å². The van der Waals surface area contributed by atoms with Crippen molar-refractivity contribution in [1.29, 1.82) is 0 Å². The summed E-state index contributed by atoms with van der Waals surface area (Å²) in [4.78, 5) is 22.6. The predicted octanol–water partition coefficient (Wildman–Crippen LogP) is 4.41. The maximum absolute atomic E-state index is 13.4. The minimum atomic E-state index is -0.291. The van der Waals surface area contributed by atoms with E-state index < -0.39 is 0 Å². The van der Waals surface area contributed by atoms with Crippen LogP contribution in [0.1, 0.15) is 22.9 Å². The van der Waals surface area contributed by atoms with Gasteiger partial charge in [0.2, 0.25) is 0 Å². The lowest BCUT2D eigenvalue weighted by atomic mass is 9.84. The number of cyclic esters (lactones) is 1. The summed E-state index contributed by atoms with van der Waals surface area (Å²) in [6.45, 7) is 0.949. The number of hydrogen-bond acceptors (Lipinski definition) is 4. The first-order valence-electron chi connectivity index (χ1n) is 9.46. The molecule has 6 heteroatoms. The highest BCUT2D eigenvalue weighted by molar-refractivity contribution is 5.71. The summed E-state index contributed by atoms with van der Waals surface area (Å²) in [5, 5.41) is 0. The van der Waals surface area contributed by atoms with Gasteiger partial charge in [-0.1, -0.05) is 42.5 Å². The molecule has 1 aromatic heterocycles. The van der Waals surface area contributed by atoms with Crippen molar-refractivity contribution in [2.75, 3.05) is 6.61 Å². The van der Waals surface area contributed by atoms with Crippen molar-refractivity contribution >= 4 is 12.2 Å². The van der Waals surface area contributed by atoms with Gasteiger partial charge in [0.05, 0.1) is 6.04 Å². The SMILES string of the molecule is O=C1OC[C@@H]2C(C=Cc3ncc(-c4cccc(F)c4)cn3)c3ccccc3CN12. The molecule has 144 valence electrons. The van der Waals surface area contributed by atoms with Crippen molar-refractivity contribution in [3.63, 3.8) is 0 Å². The molecule has 2 atom stereocenters. The summed E-state index contributed by atoms with van der Waals surface area (Å²) in [6, 6.07) is 14.5. The average molecular weight is 387 g/mol. The lowest BCUT2D eigenvalue weighted by Gasteiger charge is -2.34. The largest absolute Gasteiger partial charge is 0.447 e. The molecule has 1 fully saturated rings. The van der Waals surface area contributed by atoms with Crippen LogP contribution in [0.25, 0.3) is 17.2 Å². The third-order valence-corrected chi connectivity index (χ3v) is 5.46. The first kappa shape index (κ1) is 17.6. The number of carbonyl (C=O) groups excluding carboxylic acids is 1. The standard InChI is InChI=1S/C23H18FN3O2/c24-18-6-3-5-15(10-18)17-11-25-22(26-12-17)9-8-20-19-7-2-1-4-16(19)13-27-21(20)14-29-23(27)28/h1-12,20-21H,13-14H2/t20?,21-/m1/s1. The maximum atomic E-state index is 13.4. The Balaban J connectivity index is 1.42. The van der Waals surface area contributed by atoms with E-state index in [2.05, 4.69) is 16.0 Å². The van der Waals surface area contributed by atoms with Crippen molar-refractivity contribution < 1.29 is 13.9 Å². The zero-order valence-corrected chi connectivity index (χ0v) is 15.5. The Morgan fingerprint density at radius 1 is 1.07 bits per heavy atom. The molecular formula is C23H18FN3O2. The molecular weight excluding hydrogens is 369 g/mol. The van der Waals surface area contributed by atoms with Gasteiger partial charge in [-0.05, 0) is 34.9 Å². The number of nitrogens with zero attached hydrogens (tertiary/aromatic N) is 3. The second-order valence-electron chi connectivity index (χ2n) is 7.20. The van der Waals surface area contributed by atoms with Gasteiger partial charge in [0.15, 0.2) is 5.82 Å². The minimum Gasteiger partial charge on any atom is -0.447 e. The van der Waals surface area contributed by atoms with Crippen LogP contribution >= 0.6 is 0 Å². The summed E-state index contributed by atoms with van der Waals surface area (Å²) in [5.74, 6) is 0.281. The Morgan fingerprint density at radius 2 is 1.90 bits per heavy atom. The van der Waals surface area contributed by atoms with Gasteiger partial charge in [-0.15, -0.1) is 0 Å². The molecule has 3 heterocycles. The molecule has 0 spiro atoms. The number of ether oxygens (including phenoxy) is 1. The molecule has 0 saturated carbocycles. The van der Waals surface area contributed by atoms with Crippen LogP contribution in [0.2, 0.25) is 0 Å². The second-order valence-corrected chi connectivity index (χ2v) is 7.20. The number of aromatic nitrogens is 2. The third-order valence-electron chi connectivity index (χ3n) is 5.46. The van der Waals surface area contributed by atoms with Crippen LogP contribution in [0.3, 0.4) is 0 Å². The molecule has 2 aliphatic rings. The quantitative estimate of drug-likeness (QED) is 0.668. The summed E-state index contributed by atoms with van der Waals surface area (Å²) in [6.07, 6.45) is 7.01. The molecule has 0 bridgehead atoms. The molecule has 0 aliphatic carbocycles. The lowest BCUT2D eigenvalue weighted by Crippen LogP contribution is -2.41. The zero-order valence-electron chi connectivity index (χ0n) is 15.5. The molecule has 5 nitrogen and oxygen atoms in total. The van der Waals surface area contributed by atoms with Crippen molar-refractivity contribution in [3.8, 4) is 11.1 Å². The summed E-state index contributed by atoms with van der Waals surface area (Å²) < 4.78 is 18.7. The smallest absolute Gasteiger partial charge is 0.410 e. The van der Waals surface area contributed by atoms with Crippen LogP contribution in [0.4, 0.5) is 9.18 Å². The first-order chi connectivity index (χ1) is 14.2. The average Bonchev–Trinajstić information content (AvgIpc) is 3.12. The molecule has 1 saturated heterocycles. The van der Waals surface area contributed by atoms with Gasteiger partial charge in [0.25, 0.3) is 0 Å². The molecule has 29 heavy (non-hydrogen) atoms. The van der Waals surface area contributed by atoms with E-state index in [0.29, 0.717) is 19.0 Å². The van der Waals surface area contributed by atoms with Crippen molar-refractivity contribution in [3.05, 3.63) is 89.8 Å². The number of hydrogen-bond donors (Lipinski definition) is 0. The zero-order chi connectivity index (χ0) is 19.8. The van der Waals surface area contributed by atoms with E-state index in [1.807, 2.05) is 36.4 Å². The number of halogens is 1. The molecule has 0 radical (unpaired) electrons. The van der Waals surface area contributed by atoms with Crippen LogP contribution in [-0.4, -0.2) is 33.6 Å². The van der Waals surface area contributed by atoms with E-state index in [4.69, 9.17) is 4.74 Å². The molecule has 1 unspecified atom stereocenters. The fourth-order valence-corrected chi connectivity index (χ4v) is 4.00. The van der Waals surface area contributed by atoms with Gasteiger partial charge in [0, 0.05) is 30.4 Å². The van der Waals surface area contributed by atoms with Gasteiger partial charge in [0.1, 0.15) is 12.4 Å². The highest BCUT2D eigenvalue weighted by Crippen LogP contribution is 2.37. The van der Waals surface area contributed by atoms with Crippen molar-refractivity contribution in [2.45, 2.75) is 18.5 Å². The summed E-state index contributed by atoms with van der Waals surface area (Å²) in [7, 11) is 0. The van der Waals surface area contributed by atoms with Crippen LogP contribution in [-0.2, 0) is 11.3 Å². The molecule has 5 rings (SSSR count). The van der Waals surface area contributed by atoms with Gasteiger partial charge < -0.3 is 4.74 Å². The van der Waals surface area contributed by atoms with E-state index in [1.165, 1.54) is 17.7 Å². The van der Waals surface area contributed by atoms with Crippen LogP contribution in [0, 0.1) is 5.82 Å². The maximum Gasteiger partial charge on any atom is 0.410 e. The van der Waals surface area contributed by atoms with E-state index in [9.17, 15) is 9.18 Å². The summed E-state index contributed by atoms with van der Waals surface area (Å²) in [5.41, 5.74) is 3.81. The van der Waals surface area contributed by atoms with Gasteiger partial charge in [-0.2, -0.15) is 0 Å². The van der Waals surface area contributed by atoms with Crippen molar-refractivity contribution in [1.82, 2.24) is 14.9 Å². The number of rotatable bonds is 3. The predicted molar refractivity (Wildman–Crippen MR) is 106 cm³/mol. The molecule has 2 aromatic carbocycles. The molecule has 3 aromatic rings. The molecule has 0 N–H and O–H groups in total. The van der Waals surface area contributed by atoms with Crippen LogP contribution < -0.4 is 0 Å². The fraction of sp³-hybridized carbons (Fsp3) is 0.174. The fourth-order valence-electron chi connectivity index (χ4n) is 4.00. The van der Waals surface area contributed by atoms with E-state index in [-0.39, 0.29) is 23.9 Å². The number of fused-ring (bicyclic) bond motifs is 2. The normalized spacial score (nSPS) is 20.4. The minimum absolute atomic E-state index is 0.0119. The van der Waals surface area contributed by atoms with E-state index in [1.54, 1.807) is 23.4 Å². The Hall–Kier alpha value is -3.54. The lowest BCUT2D eigenvalue weighted by molar-refractivity contribution is 0.154.